The van der Waals surface area contributed by atoms with Gasteiger partial charge in [-0.2, -0.15) is 0 Å². The Hall–Kier alpha value is -1.16. The zero-order valence-corrected chi connectivity index (χ0v) is 14.2. The van der Waals surface area contributed by atoms with Gasteiger partial charge in [-0.05, 0) is 6.92 Å². The van der Waals surface area contributed by atoms with Crippen LogP contribution >= 0.6 is 0 Å². The Morgan fingerprint density at radius 2 is 1.70 bits per heavy atom. The molecule has 0 amide bonds. The molecule has 0 aliphatic heterocycles. The summed E-state index contributed by atoms with van der Waals surface area (Å²) in [6.45, 7) is 15.7. The van der Waals surface area contributed by atoms with Crippen molar-refractivity contribution in [2.75, 3.05) is 19.0 Å². The summed E-state index contributed by atoms with van der Waals surface area (Å²) in [6, 6.07) is 2.04. The first-order valence-corrected chi connectivity index (χ1v) is 7.20. The smallest absolute Gasteiger partial charge is 0.136 e. The maximum atomic E-state index is 5.26. The molecule has 0 aromatic carbocycles. The molecule has 0 aliphatic rings. The lowest BCUT2D eigenvalue weighted by Crippen LogP contribution is -2.24. The van der Waals surface area contributed by atoms with Gasteiger partial charge in [-0.1, -0.05) is 41.5 Å². The summed E-state index contributed by atoms with van der Waals surface area (Å²) in [5.41, 5.74) is 1.00. The number of aromatic nitrogens is 2. The fourth-order valence-corrected chi connectivity index (χ4v) is 1.59. The van der Waals surface area contributed by atoms with Crippen molar-refractivity contribution in [3.05, 3.63) is 17.6 Å². The first-order valence-electron chi connectivity index (χ1n) is 7.20. The Kier molecular flexibility index (Phi) is 5.14. The van der Waals surface area contributed by atoms with E-state index in [9.17, 15) is 0 Å². The van der Waals surface area contributed by atoms with Crippen molar-refractivity contribution in [2.24, 2.45) is 0 Å². The number of methoxy groups -OCH3 is 1. The third-order valence-corrected chi connectivity index (χ3v) is 3.14. The maximum absolute atomic E-state index is 5.26. The van der Waals surface area contributed by atoms with Crippen LogP contribution in [0.1, 0.15) is 60.0 Å². The van der Waals surface area contributed by atoms with Gasteiger partial charge in [0.05, 0.1) is 11.8 Å². The molecule has 0 saturated heterocycles. The molecule has 1 unspecified atom stereocenters. The van der Waals surface area contributed by atoms with Crippen molar-refractivity contribution in [2.45, 2.75) is 65.4 Å². The second-order valence-electron chi connectivity index (χ2n) is 7.39. The Morgan fingerprint density at radius 3 is 2.15 bits per heavy atom. The SMILES string of the molecule is COC(C)CNc1cc(C(C)(C)C)nc(C(C)(C)C)n1. The van der Waals surface area contributed by atoms with Gasteiger partial charge in [-0.15, -0.1) is 0 Å². The molecule has 1 heterocycles. The maximum Gasteiger partial charge on any atom is 0.136 e. The Morgan fingerprint density at radius 1 is 1.10 bits per heavy atom. The molecule has 1 N–H and O–H groups in total. The molecule has 4 heteroatoms. The highest BCUT2D eigenvalue weighted by atomic mass is 16.5. The molecule has 0 fully saturated rings. The molecule has 20 heavy (non-hydrogen) atoms. The molecule has 1 aromatic rings. The van der Waals surface area contributed by atoms with Crippen molar-refractivity contribution in [1.29, 1.82) is 0 Å². The number of hydrogen-bond acceptors (Lipinski definition) is 4. The van der Waals surface area contributed by atoms with E-state index in [0.717, 1.165) is 23.9 Å². The van der Waals surface area contributed by atoms with Gasteiger partial charge >= 0.3 is 0 Å². The van der Waals surface area contributed by atoms with Gasteiger partial charge in [0.25, 0.3) is 0 Å². The highest BCUT2D eigenvalue weighted by Crippen LogP contribution is 2.26. The van der Waals surface area contributed by atoms with Crippen LogP contribution in [0.3, 0.4) is 0 Å². The van der Waals surface area contributed by atoms with Crippen LogP contribution in [-0.2, 0) is 15.6 Å². The van der Waals surface area contributed by atoms with E-state index in [1.54, 1.807) is 7.11 Å². The van der Waals surface area contributed by atoms with Gasteiger partial charge in [0, 0.05) is 30.6 Å². The fourth-order valence-electron chi connectivity index (χ4n) is 1.59. The summed E-state index contributed by atoms with van der Waals surface area (Å²) < 4.78 is 5.26. The third kappa shape index (κ3) is 4.75. The van der Waals surface area contributed by atoms with Gasteiger partial charge in [0.1, 0.15) is 11.6 Å². The van der Waals surface area contributed by atoms with E-state index in [1.807, 2.05) is 13.0 Å². The predicted octanol–water partition coefficient (Wildman–Crippen LogP) is 3.52. The van der Waals surface area contributed by atoms with Crippen LogP contribution in [0, 0.1) is 0 Å². The molecule has 1 atom stereocenters. The van der Waals surface area contributed by atoms with Crippen molar-refractivity contribution < 1.29 is 4.74 Å². The van der Waals surface area contributed by atoms with E-state index >= 15 is 0 Å². The molecule has 114 valence electrons. The fraction of sp³-hybridized carbons (Fsp3) is 0.750. The number of nitrogens with zero attached hydrogens (tertiary/aromatic N) is 2. The summed E-state index contributed by atoms with van der Waals surface area (Å²) in [5.74, 6) is 1.75. The number of nitrogens with one attached hydrogen (secondary N) is 1. The lowest BCUT2D eigenvalue weighted by Gasteiger charge is -2.24. The molecule has 0 aliphatic carbocycles. The van der Waals surface area contributed by atoms with E-state index in [1.165, 1.54) is 0 Å². The zero-order valence-electron chi connectivity index (χ0n) is 14.2. The van der Waals surface area contributed by atoms with E-state index in [2.05, 4.69) is 51.8 Å². The van der Waals surface area contributed by atoms with Crippen LogP contribution < -0.4 is 5.32 Å². The molecule has 0 spiro atoms. The summed E-state index contributed by atoms with van der Waals surface area (Å²) in [6.07, 6.45) is 0.154. The Balaban J connectivity index is 3.11. The minimum absolute atomic E-state index is 0.00619. The molecule has 4 nitrogen and oxygen atoms in total. The predicted molar refractivity (Wildman–Crippen MR) is 84.4 cm³/mol. The lowest BCUT2D eigenvalue weighted by molar-refractivity contribution is 0.128. The van der Waals surface area contributed by atoms with Crippen LogP contribution in [0.5, 0.6) is 0 Å². The minimum Gasteiger partial charge on any atom is -0.380 e. The average Bonchev–Trinajstić information content (AvgIpc) is 2.33. The molecule has 1 aromatic heterocycles. The monoisotopic (exact) mass is 279 g/mol. The molecule has 0 radical (unpaired) electrons. The number of ether oxygens (including phenoxy) is 1. The molecule has 1 rings (SSSR count). The average molecular weight is 279 g/mol. The first kappa shape index (κ1) is 16.9. The van der Waals surface area contributed by atoms with E-state index in [4.69, 9.17) is 9.72 Å². The Bertz CT molecular complexity index is 412. The van der Waals surface area contributed by atoms with Crippen molar-refractivity contribution >= 4 is 5.82 Å². The van der Waals surface area contributed by atoms with Crippen LogP contribution in [0.15, 0.2) is 6.07 Å². The largest absolute Gasteiger partial charge is 0.380 e. The van der Waals surface area contributed by atoms with Gasteiger partial charge < -0.3 is 10.1 Å². The first-order chi connectivity index (χ1) is 9.04. The van der Waals surface area contributed by atoms with E-state index in [0.29, 0.717) is 0 Å². The van der Waals surface area contributed by atoms with Gasteiger partial charge in [-0.25, -0.2) is 9.97 Å². The van der Waals surface area contributed by atoms with Crippen molar-refractivity contribution in [3.8, 4) is 0 Å². The molecular formula is C16H29N3O. The van der Waals surface area contributed by atoms with Gasteiger partial charge in [0.2, 0.25) is 0 Å². The van der Waals surface area contributed by atoms with Gasteiger partial charge in [-0.3, -0.25) is 0 Å². The summed E-state index contributed by atoms with van der Waals surface area (Å²) in [4.78, 5) is 9.39. The second kappa shape index (κ2) is 6.08. The molecule has 0 bridgehead atoms. The Labute approximate surface area is 123 Å². The summed E-state index contributed by atoms with van der Waals surface area (Å²) >= 11 is 0. The third-order valence-electron chi connectivity index (χ3n) is 3.14. The van der Waals surface area contributed by atoms with Gasteiger partial charge in [0.15, 0.2) is 0 Å². The van der Waals surface area contributed by atoms with E-state index in [-0.39, 0.29) is 16.9 Å². The molecular weight excluding hydrogens is 250 g/mol. The van der Waals surface area contributed by atoms with Crippen molar-refractivity contribution in [1.82, 2.24) is 9.97 Å². The highest BCUT2D eigenvalue weighted by Gasteiger charge is 2.23. The van der Waals surface area contributed by atoms with Crippen LogP contribution in [0.25, 0.3) is 0 Å². The molecule has 0 saturated carbocycles. The van der Waals surface area contributed by atoms with Crippen LogP contribution in [0.2, 0.25) is 0 Å². The minimum atomic E-state index is -0.0649. The second-order valence-corrected chi connectivity index (χ2v) is 7.39. The highest BCUT2D eigenvalue weighted by molar-refractivity contribution is 5.39. The quantitative estimate of drug-likeness (QED) is 0.916. The number of anilines is 1. The van der Waals surface area contributed by atoms with E-state index < -0.39 is 0 Å². The zero-order chi connectivity index (χ0) is 15.6. The van der Waals surface area contributed by atoms with Crippen LogP contribution in [-0.4, -0.2) is 29.7 Å². The van der Waals surface area contributed by atoms with Crippen LogP contribution in [0.4, 0.5) is 5.82 Å². The lowest BCUT2D eigenvalue weighted by atomic mass is 9.90. The normalized spacial score (nSPS) is 14.2. The summed E-state index contributed by atoms with van der Waals surface area (Å²) in [7, 11) is 1.72. The number of rotatable bonds is 4. The van der Waals surface area contributed by atoms with Crippen molar-refractivity contribution in [3.63, 3.8) is 0 Å². The standard InChI is InChI=1S/C16H29N3O/c1-11(20-8)10-17-13-9-12(15(2,3)4)18-14(19-13)16(5,6)7/h9,11H,10H2,1-8H3,(H,17,18,19). The number of hydrogen-bond donors (Lipinski definition) is 1. The summed E-state index contributed by atoms with van der Waals surface area (Å²) in [5, 5.41) is 3.34. The topological polar surface area (TPSA) is 47.0 Å².